The molecule has 5 heteroatoms. The van der Waals surface area contributed by atoms with Gasteiger partial charge in [0, 0.05) is 12.1 Å². The van der Waals surface area contributed by atoms with Gasteiger partial charge < -0.3 is 10.6 Å². The summed E-state index contributed by atoms with van der Waals surface area (Å²) >= 11 is 0. The fourth-order valence-electron chi connectivity index (χ4n) is 2.30. The molecule has 1 aliphatic carbocycles. The predicted molar refractivity (Wildman–Crippen MR) is 66.8 cm³/mol. The number of amides is 1. The van der Waals surface area contributed by atoms with E-state index in [1.54, 1.807) is 0 Å². The van der Waals surface area contributed by atoms with Gasteiger partial charge in [-0.1, -0.05) is 0 Å². The highest BCUT2D eigenvalue weighted by molar-refractivity contribution is 5.92. The third-order valence-corrected chi connectivity index (χ3v) is 3.43. The number of aromatic nitrogens is 1. The summed E-state index contributed by atoms with van der Waals surface area (Å²) in [6, 6.07) is 3.42. The zero-order valence-electron chi connectivity index (χ0n) is 10.4. The van der Waals surface area contributed by atoms with Crippen LogP contribution in [0.2, 0.25) is 0 Å². The minimum Gasteiger partial charge on any atom is -0.348 e. The second-order valence-corrected chi connectivity index (χ2v) is 4.67. The van der Waals surface area contributed by atoms with E-state index in [0.29, 0.717) is 6.04 Å². The van der Waals surface area contributed by atoms with Crippen LogP contribution in [0.25, 0.3) is 0 Å². The summed E-state index contributed by atoms with van der Waals surface area (Å²) in [7, 11) is 1.96. The van der Waals surface area contributed by atoms with Crippen LogP contribution in [0.3, 0.4) is 0 Å². The first kappa shape index (κ1) is 13.0. The molecule has 0 radical (unpaired) electrons. The zero-order valence-corrected chi connectivity index (χ0v) is 10.4. The maximum Gasteiger partial charge on any atom is 0.270 e. The number of halogens is 1. The normalized spacial score (nSPS) is 23.7. The van der Waals surface area contributed by atoms with E-state index in [-0.39, 0.29) is 17.6 Å². The van der Waals surface area contributed by atoms with E-state index in [1.807, 2.05) is 7.05 Å². The first-order valence-corrected chi connectivity index (χ1v) is 6.28. The Morgan fingerprint density at radius 3 is 2.50 bits per heavy atom. The van der Waals surface area contributed by atoms with E-state index in [0.717, 1.165) is 31.9 Å². The van der Waals surface area contributed by atoms with Crippen molar-refractivity contribution >= 4 is 5.91 Å². The van der Waals surface area contributed by atoms with E-state index in [4.69, 9.17) is 0 Å². The molecule has 0 aromatic carbocycles. The molecule has 1 aliphatic rings. The van der Waals surface area contributed by atoms with Crippen molar-refractivity contribution in [3.63, 3.8) is 0 Å². The first-order valence-electron chi connectivity index (χ1n) is 6.28. The average Bonchev–Trinajstić information content (AvgIpc) is 2.40. The standard InChI is InChI=1S/C13H18FN3O/c1-15-10-3-5-11(6-4-10)17-13(18)12-7-2-9(14)8-16-12/h2,7-8,10-11,15H,3-6H2,1H3,(H,17,18). The number of carbonyl (C=O) groups is 1. The van der Waals surface area contributed by atoms with Crippen molar-refractivity contribution in [2.75, 3.05) is 7.05 Å². The summed E-state index contributed by atoms with van der Waals surface area (Å²) in [5.74, 6) is -0.649. The molecule has 1 heterocycles. The van der Waals surface area contributed by atoms with Crippen molar-refractivity contribution in [1.29, 1.82) is 0 Å². The molecule has 0 unspecified atom stereocenters. The summed E-state index contributed by atoms with van der Waals surface area (Å²) in [5, 5.41) is 6.20. The van der Waals surface area contributed by atoms with Crippen molar-refractivity contribution in [2.45, 2.75) is 37.8 Å². The highest BCUT2D eigenvalue weighted by atomic mass is 19.1. The topological polar surface area (TPSA) is 54.0 Å². The summed E-state index contributed by atoms with van der Waals surface area (Å²) in [6.45, 7) is 0. The molecule has 0 spiro atoms. The van der Waals surface area contributed by atoms with Gasteiger partial charge in [0.15, 0.2) is 0 Å². The lowest BCUT2D eigenvalue weighted by molar-refractivity contribution is 0.0919. The van der Waals surface area contributed by atoms with Gasteiger partial charge in [-0.25, -0.2) is 9.37 Å². The van der Waals surface area contributed by atoms with E-state index in [1.165, 1.54) is 12.1 Å². The van der Waals surface area contributed by atoms with Gasteiger partial charge in [0.05, 0.1) is 6.20 Å². The second-order valence-electron chi connectivity index (χ2n) is 4.67. The largest absolute Gasteiger partial charge is 0.348 e. The molecular formula is C13H18FN3O. The van der Waals surface area contributed by atoms with Gasteiger partial charge in [-0.3, -0.25) is 4.79 Å². The Kier molecular flexibility index (Phi) is 4.25. The highest BCUT2D eigenvalue weighted by Crippen LogP contribution is 2.18. The molecule has 0 bridgehead atoms. The summed E-state index contributed by atoms with van der Waals surface area (Å²) in [4.78, 5) is 15.6. The van der Waals surface area contributed by atoms with Crippen LogP contribution in [-0.2, 0) is 0 Å². The Bertz CT molecular complexity index is 399. The van der Waals surface area contributed by atoms with Crippen LogP contribution in [-0.4, -0.2) is 30.0 Å². The average molecular weight is 251 g/mol. The second kappa shape index (κ2) is 5.91. The lowest BCUT2D eigenvalue weighted by atomic mass is 9.91. The molecule has 98 valence electrons. The van der Waals surface area contributed by atoms with Crippen LogP contribution in [0.15, 0.2) is 18.3 Å². The van der Waals surface area contributed by atoms with Crippen LogP contribution in [0.5, 0.6) is 0 Å². The van der Waals surface area contributed by atoms with Crippen LogP contribution in [0, 0.1) is 5.82 Å². The summed E-state index contributed by atoms with van der Waals surface area (Å²) in [5.41, 5.74) is 0.270. The molecule has 2 N–H and O–H groups in total. The number of hydrogen-bond acceptors (Lipinski definition) is 3. The predicted octanol–water partition coefficient (Wildman–Crippen LogP) is 1.48. The number of nitrogens with one attached hydrogen (secondary N) is 2. The fourth-order valence-corrected chi connectivity index (χ4v) is 2.30. The molecule has 1 aromatic heterocycles. The Morgan fingerprint density at radius 2 is 1.94 bits per heavy atom. The Hall–Kier alpha value is -1.49. The number of nitrogens with zero attached hydrogens (tertiary/aromatic N) is 1. The maximum atomic E-state index is 12.7. The summed E-state index contributed by atoms with van der Waals surface area (Å²) < 4.78 is 12.7. The minimum absolute atomic E-state index is 0.203. The maximum absolute atomic E-state index is 12.7. The van der Waals surface area contributed by atoms with Gasteiger partial charge in [-0.15, -0.1) is 0 Å². The fraction of sp³-hybridized carbons (Fsp3) is 0.538. The van der Waals surface area contributed by atoms with Crippen LogP contribution in [0.1, 0.15) is 36.2 Å². The quantitative estimate of drug-likeness (QED) is 0.855. The van der Waals surface area contributed by atoms with Gasteiger partial charge in [0.2, 0.25) is 0 Å². The van der Waals surface area contributed by atoms with E-state index >= 15 is 0 Å². The van der Waals surface area contributed by atoms with Crippen molar-refractivity contribution in [3.8, 4) is 0 Å². The molecular weight excluding hydrogens is 233 g/mol. The summed E-state index contributed by atoms with van der Waals surface area (Å²) in [6.07, 6.45) is 5.14. The molecule has 1 aromatic rings. The molecule has 1 amide bonds. The smallest absolute Gasteiger partial charge is 0.270 e. The highest BCUT2D eigenvalue weighted by Gasteiger charge is 2.21. The molecule has 2 rings (SSSR count). The van der Waals surface area contributed by atoms with Gasteiger partial charge in [-0.05, 0) is 44.9 Å². The monoisotopic (exact) mass is 251 g/mol. The molecule has 18 heavy (non-hydrogen) atoms. The number of carbonyl (C=O) groups excluding carboxylic acids is 1. The number of rotatable bonds is 3. The van der Waals surface area contributed by atoms with Crippen LogP contribution < -0.4 is 10.6 Å². The van der Waals surface area contributed by atoms with E-state index < -0.39 is 5.82 Å². The molecule has 0 saturated heterocycles. The first-order chi connectivity index (χ1) is 8.69. The van der Waals surface area contributed by atoms with Gasteiger partial charge in [-0.2, -0.15) is 0 Å². The van der Waals surface area contributed by atoms with Gasteiger partial charge in [0.1, 0.15) is 11.5 Å². The molecule has 1 saturated carbocycles. The van der Waals surface area contributed by atoms with Crippen molar-refractivity contribution in [1.82, 2.24) is 15.6 Å². The van der Waals surface area contributed by atoms with E-state index in [9.17, 15) is 9.18 Å². The lowest BCUT2D eigenvalue weighted by Crippen LogP contribution is -2.41. The van der Waals surface area contributed by atoms with Crippen molar-refractivity contribution < 1.29 is 9.18 Å². The van der Waals surface area contributed by atoms with Gasteiger partial charge in [0.25, 0.3) is 5.91 Å². The molecule has 0 aliphatic heterocycles. The van der Waals surface area contributed by atoms with Crippen molar-refractivity contribution in [2.24, 2.45) is 0 Å². The lowest BCUT2D eigenvalue weighted by Gasteiger charge is -2.28. The molecule has 1 fully saturated rings. The minimum atomic E-state index is -0.430. The van der Waals surface area contributed by atoms with E-state index in [2.05, 4.69) is 15.6 Å². The van der Waals surface area contributed by atoms with Crippen molar-refractivity contribution in [3.05, 3.63) is 29.8 Å². The molecule has 0 atom stereocenters. The zero-order chi connectivity index (χ0) is 13.0. The van der Waals surface area contributed by atoms with Gasteiger partial charge >= 0.3 is 0 Å². The molecule has 4 nitrogen and oxygen atoms in total. The number of hydrogen-bond donors (Lipinski definition) is 2. The third kappa shape index (κ3) is 3.26. The SMILES string of the molecule is CNC1CCC(NC(=O)c2ccc(F)cn2)CC1. The Labute approximate surface area is 106 Å². The Balaban J connectivity index is 1.86. The Morgan fingerprint density at radius 1 is 1.28 bits per heavy atom. The van der Waals surface area contributed by atoms with Crippen LogP contribution in [0.4, 0.5) is 4.39 Å². The third-order valence-electron chi connectivity index (χ3n) is 3.43. The number of pyridine rings is 1. The van der Waals surface area contributed by atoms with Crippen LogP contribution >= 0.6 is 0 Å².